The van der Waals surface area contributed by atoms with E-state index in [1.54, 1.807) is 19.4 Å². The number of hydrogen-bond donors (Lipinski definition) is 1. The average molecular weight is 300 g/mol. The molecule has 1 fully saturated rings. The van der Waals surface area contributed by atoms with E-state index in [0.29, 0.717) is 26.2 Å². The lowest BCUT2D eigenvalue weighted by Gasteiger charge is -2.35. The quantitative estimate of drug-likeness (QED) is 0.907. The van der Waals surface area contributed by atoms with Gasteiger partial charge >= 0.3 is 6.03 Å². The summed E-state index contributed by atoms with van der Waals surface area (Å²) in [5.41, 5.74) is 0. The fourth-order valence-electron chi connectivity index (χ4n) is 2.11. The van der Waals surface area contributed by atoms with Gasteiger partial charge < -0.3 is 19.9 Å². The minimum atomic E-state index is -2.53. The summed E-state index contributed by atoms with van der Waals surface area (Å²) in [6, 6.07) is 3.14. The predicted octanol–water partition coefficient (Wildman–Crippen LogP) is 1.19. The molecule has 0 aliphatic carbocycles. The number of nitrogens with one attached hydrogen (secondary N) is 1. The molecule has 1 aliphatic rings. The van der Waals surface area contributed by atoms with Crippen molar-refractivity contribution in [3.63, 3.8) is 0 Å². The first-order valence-corrected chi connectivity index (χ1v) is 6.66. The van der Waals surface area contributed by atoms with Gasteiger partial charge in [0.1, 0.15) is 11.6 Å². The van der Waals surface area contributed by atoms with E-state index >= 15 is 0 Å². The van der Waals surface area contributed by atoms with Gasteiger partial charge in [0.25, 0.3) is 6.43 Å². The number of ether oxygens (including phenoxy) is 1. The van der Waals surface area contributed by atoms with E-state index in [-0.39, 0.29) is 0 Å². The highest BCUT2D eigenvalue weighted by Gasteiger charge is 2.22. The van der Waals surface area contributed by atoms with Gasteiger partial charge in [-0.15, -0.1) is 0 Å². The summed E-state index contributed by atoms with van der Waals surface area (Å²) >= 11 is 0. The van der Waals surface area contributed by atoms with Crippen LogP contribution in [0.25, 0.3) is 0 Å². The number of methoxy groups -OCH3 is 1. The summed E-state index contributed by atoms with van der Waals surface area (Å²) in [4.78, 5) is 19.5. The van der Waals surface area contributed by atoms with Crippen LogP contribution >= 0.6 is 0 Å². The minimum absolute atomic E-state index is 0.450. The van der Waals surface area contributed by atoms with Crippen molar-refractivity contribution in [3.05, 3.63) is 18.3 Å². The van der Waals surface area contributed by atoms with Crippen molar-refractivity contribution in [1.29, 1.82) is 0 Å². The Morgan fingerprint density at radius 2 is 2.14 bits per heavy atom. The van der Waals surface area contributed by atoms with E-state index in [9.17, 15) is 13.6 Å². The molecule has 0 bridgehead atoms. The van der Waals surface area contributed by atoms with E-state index in [1.165, 1.54) is 4.90 Å². The minimum Gasteiger partial charge on any atom is -0.497 e. The number of amides is 2. The molecule has 0 unspecified atom stereocenters. The molecule has 2 rings (SSSR count). The lowest BCUT2D eigenvalue weighted by molar-refractivity contribution is 0.139. The summed E-state index contributed by atoms with van der Waals surface area (Å²) < 4.78 is 29.3. The molecule has 1 saturated heterocycles. The van der Waals surface area contributed by atoms with Crippen LogP contribution in [0, 0.1) is 0 Å². The predicted molar refractivity (Wildman–Crippen MR) is 74.0 cm³/mol. The molecule has 0 saturated carbocycles. The Labute approximate surface area is 121 Å². The van der Waals surface area contributed by atoms with E-state index in [1.807, 2.05) is 11.0 Å². The number of rotatable bonds is 4. The first-order chi connectivity index (χ1) is 10.1. The highest BCUT2D eigenvalue weighted by molar-refractivity contribution is 5.74. The molecule has 21 heavy (non-hydrogen) atoms. The van der Waals surface area contributed by atoms with Gasteiger partial charge in [0.15, 0.2) is 0 Å². The summed E-state index contributed by atoms with van der Waals surface area (Å²) in [6.45, 7) is 1.52. The van der Waals surface area contributed by atoms with E-state index < -0.39 is 19.0 Å². The first kappa shape index (κ1) is 15.3. The Kier molecular flexibility index (Phi) is 5.13. The van der Waals surface area contributed by atoms with Crippen molar-refractivity contribution in [2.75, 3.05) is 44.7 Å². The van der Waals surface area contributed by atoms with Crippen LogP contribution in [0.2, 0.25) is 0 Å². The fraction of sp³-hybridized carbons (Fsp3) is 0.538. The zero-order chi connectivity index (χ0) is 15.2. The second-order valence-corrected chi connectivity index (χ2v) is 4.61. The van der Waals surface area contributed by atoms with E-state index in [0.717, 1.165) is 11.6 Å². The second-order valence-electron chi connectivity index (χ2n) is 4.61. The van der Waals surface area contributed by atoms with Crippen LogP contribution in [0.3, 0.4) is 0 Å². The van der Waals surface area contributed by atoms with Crippen LogP contribution < -0.4 is 15.0 Å². The van der Waals surface area contributed by atoms with Crippen molar-refractivity contribution in [1.82, 2.24) is 15.2 Å². The molecule has 0 atom stereocenters. The molecule has 6 nitrogen and oxygen atoms in total. The zero-order valence-corrected chi connectivity index (χ0v) is 11.8. The second kappa shape index (κ2) is 7.05. The van der Waals surface area contributed by atoms with E-state index in [2.05, 4.69) is 10.3 Å². The largest absolute Gasteiger partial charge is 0.497 e. The summed E-state index contributed by atoms with van der Waals surface area (Å²) in [7, 11) is 1.59. The molecule has 2 amide bonds. The zero-order valence-electron chi connectivity index (χ0n) is 11.8. The van der Waals surface area contributed by atoms with E-state index in [4.69, 9.17) is 4.74 Å². The molecule has 0 aromatic carbocycles. The number of halogens is 2. The third kappa shape index (κ3) is 4.17. The van der Waals surface area contributed by atoms with Crippen LogP contribution in [0.1, 0.15) is 0 Å². The Bertz CT molecular complexity index is 479. The van der Waals surface area contributed by atoms with Gasteiger partial charge in [-0.1, -0.05) is 0 Å². The number of piperazine rings is 1. The maximum atomic E-state index is 12.1. The third-order valence-corrected chi connectivity index (χ3v) is 3.25. The SMILES string of the molecule is COc1ccnc(N2CCN(C(=O)NCC(F)F)CC2)c1. The summed E-state index contributed by atoms with van der Waals surface area (Å²) in [5, 5.41) is 2.21. The van der Waals surface area contributed by atoms with Gasteiger partial charge in [0, 0.05) is 38.4 Å². The smallest absolute Gasteiger partial charge is 0.317 e. The molecule has 1 aliphatic heterocycles. The molecular formula is C13H18F2N4O2. The van der Waals surface area contributed by atoms with Crippen LogP contribution in [-0.2, 0) is 0 Å². The Balaban J connectivity index is 1.86. The molecule has 1 aromatic heterocycles. The third-order valence-electron chi connectivity index (χ3n) is 3.25. The van der Waals surface area contributed by atoms with Crippen LogP contribution in [0.15, 0.2) is 18.3 Å². The van der Waals surface area contributed by atoms with Crippen LogP contribution in [-0.4, -0.2) is 62.2 Å². The molecule has 2 heterocycles. The molecule has 1 aromatic rings. The molecule has 0 radical (unpaired) electrons. The summed E-state index contributed by atoms with van der Waals surface area (Å²) in [5.74, 6) is 1.50. The highest BCUT2D eigenvalue weighted by atomic mass is 19.3. The van der Waals surface area contributed by atoms with Gasteiger partial charge in [-0.2, -0.15) is 0 Å². The number of anilines is 1. The van der Waals surface area contributed by atoms with Gasteiger partial charge in [0.05, 0.1) is 13.7 Å². The lowest BCUT2D eigenvalue weighted by Crippen LogP contribution is -2.52. The Morgan fingerprint density at radius 3 is 2.76 bits per heavy atom. The summed E-state index contributed by atoms with van der Waals surface area (Å²) in [6.07, 6.45) is -0.869. The number of hydrogen-bond acceptors (Lipinski definition) is 4. The first-order valence-electron chi connectivity index (χ1n) is 6.66. The monoisotopic (exact) mass is 300 g/mol. The number of aromatic nitrogens is 1. The van der Waals surface area contributed by atoms with Crippen LogP contribution in [0.5, 0.6) is 5.75 Å². The number of pyridine rings is 1. The molecule has 1 N–H and O–H groups in total. The average Bonchev–Trinajstić information content (AvgIpc) is 2.52. The fourth-order valence-corrected chi connectivity index (χ4v) is 2.11. The normalized spacial score (nSPS) is 15.2. The standard InChI is InChI=1S/C13H18F2N4O2/c1-21-10-2-3-16-12(8-10)18-4-6-19(7-5-18)13(20)17-9-11(14)15/h2-3,8,11H,4-7,9H2,1H3,(H,17,20). The van der Waals surface area contributed by atoms with Crippen molar-refractivity contribution in [2.45, 2.75) is 6.43 Å². The number of urea groups is 1. The van der Waals surface area contributed by atoms with Crippen molar-refractivity contribution in [2.24, 2.45) is 0 Å². The van der Waals surface area contributed by atoms with Crippen molar-refractivity contribution in [3.8, 4) is 5.75 Å². The number of nitrogens with zero attached hydrogens (tertiary/aromatic N) is 3. The van der Waals surface area contributed by atoms with Gasteiger partial charge in [-0.25, -0.2) is 18.6 Å². The van der Waals surface area contributed by atoms with Gasteiger partial charge in [0.2, 0.25) is 0 Å². The lowest BCUT2D eigenvalue weighted by atomic mass is 10.3. The topological polar surface area (TPSA) is 57.7 Å². The highest BCUT2D eigenvalue weighted by Crippen LogP contribution is 2.19. The van der Waals surface area contributed by atoms with Gasteiger partial charge in [-0.05, 0) is 6.07 Å². The molecule has 0 spiro atoms. The number of alkyl halides is 2. The Hall–Kier alpha value is -2.12. The maximum Gasteiger partial charge on any atom is 0.317 e. The van der Waals surface area contributed by atoms with Crippen molar-refractivity contribution < 1.29 is 18.3 Å². The molecule has 116 valence electrons. The Morgan fingerprint density at radius 1 is 1.43 bits per heavy atom. The van der Waals surface area contributed by atoms with Gasteiger partial charge in [-0.3, -0.25) is 0 Å². The number of carbonyl (C=O) groups excluding carboxylic acids is 1. The maximum absolute atomic E-state index is 12.1. The number of carbonyl (C=O) groups is 1. The van der Waals surface area contributed by atoms with Crippen LogP contribution in [0.4, 0.5) is 19.4 Å². The van der Waals surface area contributed by atoms with Crippen molar-refractivity contribution >= 4 is 11.8 Å². The molecule has 8 heteroatoms. The molecular weight excluding hydrogens is 282 g/mol.